The summed E-state index contributed by atoms with van der Waals surface area (Å²) >= 11 is 0. The minimum Gasteiger partial charge on any atom is -0.464 e. The van der Waals surface area contributed by atoms with Gasteiger partial charge in [-0.3, -0.25) is 10.1 Å². The summed E-state index contributed by atoms with van der Waals surface area (Å²) in [7, 11) is 1.23. The van der Waals surface area contributed by atoms with E-state index in [1.165, 1.54) is 23.9 Å². The Balaban J connectivity index is 2.26. The van der Waals surface area contributed by atoms with Gasteiger partial charge >= 0.3 is 5.97 Å². The number of anilines is 2. The fourth-order valence-electron chi connectivity index (χ4n) is 3.39. The molecule has 0 amide bonds. The van der Waals surface area contributed by atoms with Crippen molar-refractivity contribution in [2.75, 3.05) is 30.8 Å². The summed E-state index contributed by atoms with van der Waals surface area (Å²) in [5, 5.41) is 20.8. The summed E-state index contributed by atoms with van der Waals surface area (Å²) in [6, 6.07) is 5.10. The Morgan fingerprint density at radius 2 is 2.00 bits per heavy atom. The fourth-order valence-corrected chi connectivity index (χ4v) is 3.39. The molecule has 2 N–H and O–H groups in total. The molecule has 0 aliphatic carbocycles. The molecule has 0 atom stereocenters. The van der Waals surface area contributed by atoms with Gasteiger partial charge in [-0.15, -0.1) is 0 Å². The van der Waals surface area contributed by atoms with Crippen LogP contribution >= 0.6 is 0 Å². The Hall–Kier alpha value is -3.54. The maximum Gasteiger partial charge on any atom is 0.357 e. The van der Waals surface area contributed by atoms with Crippen LogP contribution in [-0.2, 0) is 4.74 Å². The van der Waals surface area contributed by atoms with Gasteiger partial charge in [0, 0.05) is 25.4 Å². The van der Waals surface area contributed by atoms with Crippen molar-refractivity contribution in [1.29, 1.82) is 5.26 Å². The van der Waals surface area contributed by atoms with E-state index in [0.717, 1.165) is 25.9 Å². The predicted octanol–water partition coefficient (Wildman–Crippen LogP) is 2.53. The largest absolute Gasteiger partial charge is 0.464 e. The number of nitrogen functional groups attached to an aromatic ring is 1. The van der Waals surface area contributed by atoms with Crippen LogP contribution in [0.3, 0.4) is 0 Å². The lowest BCUT2D eigenvalue weighted by atomic mass is 10.1. The highest BCUT2D eigenvalue weighted by atomic mass is 16.6. The first-order chi connectivity index (χ1) is 12.9. The van der Waals surface area contributed by atoms with Crippen molar-refractivity contribution in [2.24, 2.45) is 0 Å². The number of carbonyl (C=O) groups excluding carboxylic acids is 1. The number of aromatic nitrogens is 1. The lowest BCUT2D eigenvalue weighted by Gasteiger charge is -2.20. The van der Waals surface area contributed by atoms with Crippen molar-refractivity contribution in [3.05, 3.63) is 45.3 Å². The lowest BCUT2D eigenvalue weighted by Crippen LogP contribution is -2.20. The normalized spacial score (nSPS) is 13.4. The molecule has 3 rings (SSSR count). The van der Waals surface area contributed by atoms with Crippen molar-refractivity contribution in [1.82, 2.24) is 4.57 Å². The molecule has 2 aromatic rings. The quantitative estimate of drug-likeness (QED) is 0.498. The van der Waals surface area contributed by atoms with Crippen LogP contribution in [0.15, 0.2) is 18.3 Å². The van der Waals surface area contributed by atoms with E-state index in [0.29, 0.717) is 16.9 Å². The SMILES string of the molecule is COC(=O)c1c(N)c(C#N)cn1-c1cc(N2CCCC2)c([N+](=O)[O-])cc1C. The van der Waals surface area contributed by atoms with Gasteiger partial charge in [0.1, 0.15) is 11.8 Å². The Morgan fingerprint density at radius 1 is 1.33 bits per heavy atom. The number of nitrogens with zero attached hydrogens (tertiary/aromatic N) is 4. The Labute approximate surface area is 155 Å². The van der Waals surface area contributed by atoms with E-state index < -0.39 is 10.9 Å². The van der Waals surface area contributed by atoms with Crippen molar-refractivity contribution in [3.63, 3.8) is 0 Å². The summed E-state index contributed by atoms with van der Waals surface area (Å²) in [5.41, 5.74) is 7.75. The van der Waals surface area contributed by atoms with E-state index in [9.17, 15) is 20.2 Å². The average molecular weight is 369 g/mol. The Bertz CT molecular complexity index is 967. The number of rotatable bonds is 4. The number of hydrogen-bond acceptors (Lipinski definition) is 7. The monoisotopic (exact) mass is 369 g/mol. The van der Waals surface area contributed by atoms with Gasteiger partial charge in [-0.25, -0.2) is 4.79 Å². The summed E-state index contributed by atoms with van der Waals surface area (Å²) < 4.78 is 6.27. The van der Waals surface area contributed by atoms with E-state index in [2.05, 4.69) is 0 Å². The molecule has 0 saturated carbocycles. The van der Waals surface area contributed by atoms with E-state index >= 15 is 0 Å². The molecule has 0 unspecified atom stereocenters. The van der Waals surface area contributed by atoms with Crippen molar-refractivity contribution in [3.8, 4) is 11.8 Å². The van der Waals surface area contributed by atoms with Gasteiger partial charge in [0.2, 0.25) is 0 Å². The maximum atomic E-state index is 12.2. The molecule has 140 valence electrons. The summed E-state index contributed by atoms with van der Waals surface area (Å²) in [6.45, 7) is 3.16. The molecule has 1 aromatic heterocycles. The first-order valence-corrected chi connectivity index (χ1v) is 8.42. The molecular weight excluding hydrogens is 350 g/mol. The molecule has 9 nitrogen and oxygen atoms in total. The first kappa shape index (κ1) is 18.3. The lowest BCUT2D eigenvalue weighted by molar-refractivity contribution is -0.384. The molecule has 9 heteroatoms. The number of methoxy groups -OCH3 is 1. The zero-order chi connectivity index (χ0) is 19.7. The number of hydrogen-bond donors (Lipinski definition) is 1. The number of nitro benzene ring substituents is 1. The number of esters is 1. The number of ether oxygens (including phenoxy) is 1. The second-order valence-electron chi connectivity index (χ2n) is 6.36. The fraction of sp³-hybridized carbons (Fsp3) is 0.333. The van der Waals surface area contributed by atoms with E-state index in [1.54, 1.807) is 13.0 Å². The van der Waals surface area contributed by atoms with E-state index in [1.807, 2.05) is 11.0 Å². The summed E-state index contributed by atoms with van der Waals surface area (Å²) in [6.07, 6.45) is 3.37. The molecule has 1 aliphatic heterocycles. The maximum absolute atomic E-state index is 12.2. The van der Waals surface area contributed by atoms with Gasteiger partial charge in [0.25, 0.3) is 5.69 Å². The highest BCUT2D eigenvalue weighted by molar-refractivity contribution is 5.96. The van der Waals surface area contributed by atoms with Crippen molar-refractivity contribution >= 4 is 23.0 Å². The molecule has 0 spiro atoms. The van der Waals surface area contributed by atoms with Gasteiger partial charge in [-0.1, -0.05) is 0 Å². The predicted molar refractivity (Wildman–Crippen MR) is 99.1 cm³/mol. The van der Waals surface area contributed by atoms with E-state index in [-0.39, 0.29) is 22.6 Å². The standard InChI is InChI=1S/C18H19N5O4/c1-11-7-15(23(25)26)14(21-5-3-4-6-21)8-13(11)22-10-12(9-19)16(20)17(22)18(24)27-2/h7-8,10H,3-6,20H2,1-2H3. The van der Waals surface area contributed by atoms with Gasteiger partial charge in [0.05, 0.1) is 29.0 Å². The highest BCUT2D eigenvalue weighted by Gasteiger charge is 2.27. The third kappa shape index (κ3) is 3.06. The van der Waals surface area contributed by atoms with Gasteiger partial charge in [-0.05, 0) is 31.4 Å². The van der Waals surface area contributed by atoms with Crippen molar-refractivity contribution < 1.29 is 14.5 Å². The van der Waals surface area contributed by atoms with Gasteiger partial charge in [0.15, 0.2) is 5.69 Å². The summed E-state index contributed by atoms with van der Waals surface area (Å²) in [5.74, 6) is -0.686. The number of nitrogens with two attached hydrogens (primary N) is 1. The third-order valence-corrected chi connectivity index (χ3v) is 4.74. The van der Waals surface area contributed by atoms with Crippen LogP contribution in [0.25, 0.3) is 5.69 Å². The molecule has 0 radical (unpaired) electrons. The second-order valence-corrected chi connectivity index (χ2v) is 6.36. The topological polar surface area (TPSA) is 127 Å². The third-order valence-electron chi connectivity index (χ3n) is 4.74. The smallest absolute Gasteiger partial charge is 0.357 e. The molecule has 1 aromatic carbocycles. The van der Waals surface area contributed by atoms with Crippen LogP contribution < -0.4 is 10.6 Å². The Kier molecular flexibility index (Phi) is 4.73. The number of nitriles is 1. The van der Waals surface area contributed by atoms with Gasteiger partial charge in [-0.2, -0.15) is 5.26 Å². The molecule has 1 fully saturated rings. The minimum atomic E-state index is -0.686. The van der Waals surface area contributed by atoms with Crippen LogP contribution in [0.2, 0.25) is 0 Å². The Morgan fingerprint density at radius 3 is 2.56 bits per heavy atom. The molecule has 27 heavy (non-hydrogen) atoms. The molecule has 2 heterocycles. The zero-order valence-electron chi connectivity index (χ0n) is 15.1. The number of aryl methyl sites for hydroxylation is 1. The summed E-state index contributed by atoms with van der Waals surface area (Å²) in [4.78, 5) is 25.3. The van der Waals surface area contributed by atoms with E-state index in [4.69, 9.17) is 10.5 Å². The zero-order valence-corrected chi connectivity index (χ0v) is 15.1. The molecule has 1 saturated heterocycles. The van der Waals surface area contributed by atoms with Crippen LogP contribution in [0, 0.1) is 28.4 Å². The first-order valence-electron chi connectivity index (χ1n) is 8.42. The molecule has 0 bridgehead atoms. The number of nitro groups is 1. The number of benzene rings is 1. The highest BCUT2D eigenvalue weighted by Crippen LogP contribution is 2.36. The van der Waals surface area contributed by atoms with Crippen LogP contribution in [-0.4, -0.2) is 35.7 Å². The van der Waals surface area contributed by atoms with Crippen LogP contribution in [0.4, 0.5) is 17.1 Å². The minimum absolute atomic E-state index is 0.0124. The van der Waals surface area contributed by atoms with Crippen LogP contribution in [0.5, 0.6) is 0 Å². The van der Waals surface area contributed by atoms with Crippen molar-refractivity contribution in [2.45, 2.75) is 19.8 Å². The molecule has 1 aliphatic rings. The average Bonchev–Trinajstić information content (AvgIpc) is 3.28. The molecular formula is C18H19N5O4. The van der Waals surface area contributed by atoms with Crippen LogP contribution in [0.1, 0.15) is 34.5 Å². The number of carbonyl (C=O) groups is 1. The van der Waals surface area contributed by atoms with Gasteiger partial charge < -0.3 is 19.9 Å². The second kappa shape index (κ2) is 6.99.